The largest absolute Gasteiger partial charge is 0.462 e. The Kier molecular flexibility index (Phi) is 43.7. The summed E-state index contributed by atoms with van der Waals surface area (Å²) in [6.45, 7) is 6.32. The number of allylic oxidation sites excluding steroid dienone is 10. The summed E-state index contributed by atoms with van der Waals surface area (Å²) in [5, 5.41) is 23.6. The van der Waals surface area contributed by atoms with Crippen LogP contribution in [0.25, 0.3) is 0 Å². The first-order valence-corrected chi connectivity index (χ1v) is 24.5. The monoisotopic (exact) mass is 812 g/mol. The molecule has 0 saturated carbocycles. The van der Waals surface area contributed by atoms with E-state index in [2.05, 4.69) is 86.8 Å². The van der Waals surface area contributed by atoms with Crippen LogP contribution in [-0.2, 0) is 14.3 Å². The molecule has 0 aromatic carbocycles. The Balaban J connectivity index is 4.60. The van der Waals surface area contributed by atoms with Gasteiger partial charge in [-0.25, -0.2) is 0 Å². The van der Waals surface area contributed by atoms with Gasteiger partial charge in [0.05, 0.1) is 25.2 Å². The summed E-state index contributed by atoms with van der Waals surface area (Å²) < 4.78 is 5.90. The van der Waals surface area contributed by atoms with Crippen molar-refractivity contribution in [2.75, 3.05) is 6.61 Å². The zero-order chi connectivity index (χ0) is 42.4. The van der Waals surface area contributed by atoms with Crippen molar-refractivity contribution in [2.45, 2.75) is 251 Å². The van der Waals surface area contributed by atoms with Gasteiger partial charge in [0.2, 0.25) is 5.91 Å². The fraction of sp³-hybridized carbons (Fsp3) is 0.769. The third-order valence-electron chi connectivity index (χ3n) is 10.9. The molecule has 0 bridgehead atoms. The van der Waals surface area contributed by atoms with Gasteiger partial charge in [0, 0.05) is 6.42 Å². The minimum absolute atomic E-state index is 0.0579. The highest BCUT2D eigenvalue weighted by Crippen LogP contribution is 2.17. The van der Waals surface area contributed by atoms with Crippen molar-refractivity contribution in [3.63, 3.8) is 0 Å². The third kappa shape index (κ3) is 40.3. The van der Waals surface area contributed by atoms with Crippen molar-refractivity contribution in [2.24, 2.45) is 0 Å². The van der Waals surface area contributed by atoms with E-state index in [1.165, 1.54) is 89.9 Å². The van der Waals surface area contributed by atoms with Gasteiger partial charge in [-0.15, -0.1) is 0 Å². The van der Waals surface area contributed by atoms with E-state index in [-0.39, 0.29) is 24.9 Å². The Bertz CT molecular complexity index is 1050. The van der Waals surface area contributed by atoms with Gasteiger partial charge in [-0.2, -0.15) is 0 Å². The van der Waals surface area contributed by atoms with Crippen LogP contribution in [0.4, 0.5) is 0 Å². The van der Waals surface area contributed by atoms with E-state index >= 15 is 0 Å². The molecule has 0 radical (unpaired) electrons. The van der Waals surface area contributed by atoms with Gasteiger partial charge >= 0.3 is 5.97 Å². The standard InChI is InChI=1S/C52H93NO5/c1-4-7-10-13-16-19-21-23-24-25-26-27-28-30-33-36-39-42-45-52(57)58-48(43-40-37-34-32-29-22-20-17-14-11-8-5-2)46-51(56)53-49(47-54)50(55)44-41-38-35-31-18-15-12-9-6-3/h8,11,17,20-21,23-27,48-50,54-55H,4-7,9-10,12-16,18-19,22,28-47H2,1-3H3,(H,53,56)/b11-8+,20-17+,23-21+,25-24+,27-26+. The van der Waals surface area contributed by atoms with Crippen LogP contribution >= 0.6 is 0 Å². The van der Waals surface area contributed by atoms with Gasteiger partial charge in [0.15, 0.2) is 0 Å². The fourth-order valence-corrected chi connectivity index (χ4v) is 7.17. The Morgan fingerprint density at radius 1 is 0.534 bits per heavy atom. The second kappa shape index (κ2) is 45.6. The smallest absolute Gasteiger partial charge is 0.306 e. The highest BCUT2D eigenvalue weighted by atomic mass is 16.5. The summed E-state index contributed by atoms with van der Waals surface area (Å²) in [7, 11) is 0. The number of hydrogen-bond acceptors (Lipinski definition) is 5. The van der Waals surface area contributed by atoms with Crippen LogP contribution in [0.15, 0.2) is 60.8 Å². The van der Waals surface area contributed by atoms with Gasteiger partial charge in [-0.1, -0.05) is 204 Å². The van der Waals surface area contributed by atoms with Crippen molar-refractivity contribution in [3.05, 3.63) is 60.8 Å². The number of aliphatic hydroxyl groups is 2. The molecular weight excluding hydrogens is 719 g/mol. The van der Waals surface area contributed by atoms with Crippen molar-refractivity contribution >= 4 is 11.9 Å². The lowest BCUT2D eigenvalue weighted by atomic mass is 10.0. The van der Waals surface area contributed by atoms with Gasteiger partial charge in [-0.05, 0) is 77.0 Å². The number of carbonyl (C=O) groups excluding carboxylic acids is 2. The summed E-state index contributed by atoms with van der Waals surface area (Å²) in [6.07, 6.45) is 55.7. The topological polar surface area (TPSA) is 95.9 Å². The number of nitrogens with one attached hydrogen (secondary N) is 1. The van der Waals surface area contributed by atoms with Crippen LogP contribution < -0.4 is 5.32 Å². The predicted molar refractivity (Wildman–Crippen MR) is 250 cm³/mol. The van der Waals surface area contributed by atoms with E-state index in [0.717, 1.165) is 96.3 Å². The molecule has 3 atom stereocenters. The maximum atomic E-state index is 13.1. The number of carbonyl (C=O) groups is 2. The van der Waals surface area contributed by atoms with E-state index in [1.54, 1.807) is 0 Å². The van der Waals surface area contributed by atoms with Crippen molar-refractivity contribution in [3.8, 4) is 0 Å². The van der Waals surface area contributed by atoms with E-state index in [0.29, 0.717) is 19.3 Å². The lowest BCUT2D eigenvalue weighted by molar-refractivity contribution is -0.151. The average Bonchev–Trinajstić information content (AvgIpc) is 3.22. The number of unbranched alkanes of at least 4 members (excludes halogenated alkanes) is 23. The Labute approximate surface area is 358 Å². The second-order valence-electron chi connectivity index (χ2n) is 16.5. The number of aliphatic hydroxyl groups excluding tert-OH is 2. The highest BCUT2D eigenvalue weighted by Gasteiger charge is 2.24. The van der Waals surface area contributed by atoms with E-state index in [1.807, 2.05) is 0 Å². The quantitative estimate of drug-likeness (QED) is 0.0247. The molecule has 0 heterocycles. The molecule has 6 heteroatoms. The minimum atomic E-state index is -0.794. The molecule has 1 amide bonds. The van der Waals surface area contributed by atoms with Crippen molar-refractivity contribution in [1.29, 1.82) is 0 Å². The first kappa shape index (κ1) is 55.6. The van der Waals surface area contributed by atoms with Gasteiger partial charge in [-0.3, -0.25) is 9.59 Å². The average molecular weight is 812 g/mol. The molecule has 0 saturated heterocycles. The molecule has 0 aromatic heterocycles. The maximum Gasteiger partial charge on any atom is 0.306 e. The molecule has 6 nitrogen and oxygen atoms in total. The molecule has 0 fully saturated rings. The van der Waals surface area contributed by atoms with Crippen molar-refractivity contribution < 1.29 is 24.5 Å². The summed E-state index contributed by atoms with van der Waals surface area (Å²) in [6, 6.07) is -0.710. The molecule has 336 valence electrons. The van der Waals surface area contributed by atoms with Crippen LogP contribution in [0.1, 0.15) is 233 Å². The first-order valence-electron chi connectivity index (χ1n) is 24.5. The Morgan fingerprint density at radius 2 is 1.00 bits per heavy atom. The van der Waals surface area contributed by atoms with Crippen LogP contribution in [0.2, 0.25) is 0 Å². The molecule has 0 rings (SSSR count). The maximum absolute atomic E-state index is 13.1. The molecule has 3 N–H and O–H groups in total. The lowest BCUT2D eigenvalue weighted by Crippen LogP contribution is -2.46. The Hall–Kier alpha value is -2.44. The van der Waals surface area contributed by atoms with Gasteiger partial charge in [0.25, 0.3) is 0 Å². The summed E-state index contributed by atoms with van der Waals surface area (Å²) in [5.74, 6) is -0.513. The number of amides is 1. The van der Waals surface area contributed by atoms with Crippen LogP contribution in [-0.4, -0.2) is 46.9 Å². The molecule has 0 aliphatic carbocycles. The summed E-state index contributed by atoms with van der Waals surface area (Å²) >= 11 is 0. The molecular formula is C52H93NO5. The van der Waals surface area contributed by atoms with Crippen LogP contribution in [0.3, 0.4) is 0 Å². The van der Waals surface area contributed by atoms with Gasteiger partial charge in [0.1, 0.15) is 6.10 Å². The van der Waals surface area contributed by atoms with E-state index in [9.17, 15) is 19.8 Å². The molecule has 58 heavy (non-hydrogen) atoms. The first-order chi connectivity index (χ1) is 28.5. The molecule has 3 unspecified atom stereocenters. The van der Waals surface area contributed by atoms with Crippen molar-refractivity contribution in [1.82, 2.24) is 5.32 Å². The zero-order valence-electron chi connectivity index (χ0n) is 38.2. The number of ether oxygens (including phenoxy) is 1. The van der Waals surface area contributed by atoms with E-state index < -0.39 is 18.2 Å². The second-order valence-corrected chi connectivity index (χ2v) is 16.5. The number of hydrogen-bond donors (Lipinski definition) is 3. The van der Waals surface area contributed by atoms with Crippen LogP contribution in [0, 0.1) is 0 Å². The lowest BCUT2D eigenvalue weighted by Gasteiger charge is -2.24. The van der Waals surface area contributed by atoms with Crippen LogP contribution in [0.5, 0.6) is 0 Å². The zero-order valence-corrected chi connectivity index (χ0v) is 38.2. The fourth-order valence-electron chi connectivity index (χ4n) is 7.17. The van der Waals surface area contributed by atoms with Gasteiger partial charge < -0.3 is 20.3 Å². The number of rotatable bonds is 43. The van der Waals surface area contributed by atoms with E-state index in [4.69, 9.17) is 4.74 Å². The molecule has 0 aliphatic rings. The SMILES string of the molecule is CC/C=C/C/C=C/CCCCCCCC(CC(=O)NC(CO)C(O)CCCCCCCCCCC)OC(=O)CCCCCCC/C=C/C=C/C=C/CCCCCCC. The molecule has 0 aliphatic heterocycles. The summed E-state index contributed by atoms with van der Waals surface area (Å²) in [5.41, 5.74) is 0. The highest BCUT2D eigenvalue weighted by molar-refractivity contribution is 5.77. The third-order valence-corrected chi connectivity index (χ3v) is 10.9. The Morgan fingerprint density at radius 3 is 1.53 bits per heavy atom. The molecule has 0 aromatic rings. The molecule has 0 spiro atoms. The summed E-state index contributed by atoms with van der Waals surface area (Å²) in [4.78, 5) is 26.0. The normalized spacial score (nSPS) is 13.8. The minimum Gasteiger partial charge on any atom is -0.462 e. The predicted octanol–water partition coefficient (Wildman–Crippen LogP) is 14.5. The number of esters is 1.